The molecule has 0 spiro atoms. The minimum absolute atomic E-state index is 0.0657. The highest BCUT2D eigenvalue weighted by atomic mass is 32.2. The average molecular weight is 349 g/mol. The third kappa shape index (κ3) is 3.61. The van der Waals surface area contributed by atoms with Crippen LogP contribution in [-0.4, -0.2) is 53.9 Å². The fourth-order valence-electron chi connectivity index (χ4n) is 3.42. The number of likely N-dealkylation sites (tertiary alicyclic amines) is 1. The van der Waals surface area contributed by atoms with Gasteiger partial charge in [0.2, 0.25) is 5.91 Å². The molecule has 0 saturated carbocycles. The number of fused-ring (bicyclic) bond motifs is 1. The Morgan fingerprint density at radius 1 is 1.29 bits per heavy atom. The summed E-state index contributed by atoms with van der Waals surface area (Å²) >= 11 is 0. The number of carbonyl (C=O) groups excluding carboxylic acids is 1. The molecule has 24 heavy (non-hydrogen) atoms. The van der Waals surface area contributed by atoms with Crippen molar-refractivity contribution in [1.82, 2.24) is 14.5 Å². The second-order valence-corrected chi connectivity index (χ2v) is 8.86. The molecule has 1 saturated heterocycles. The SMILES string of the molecule is CC(C(=O)N1CCC(CS(C)(=O)=O)CC1)n1cnc2ccccc21. The van der Waals surface area contributed by atoms with E-state index in [1.165, 1.54) is 6.26 Å². The standard InChI is InChI=1S/C17H23N3O3S/c1-13(20-12-18-15-5-3-4-6-16(15)20)17(21)19-9-7-14(8-10-19)11-24(2,22)23/h3-6,12-14H,7-11H2,1-2H3. The van der Waals surface area contributed by atoms with Gasteiger partial charge in [-0.1, -0.05) is 12.1 Å². The Balaban J connectivity index is 1.67. The van der Waals surface area contributed by atoms with Crippen molar-refractivity contribution < 1.29 is 13.2 Å². The summed E-state index contributed by atoms with van der Waals surface area (Å²) in [5.41, 5.74) is 1.83. The molecule has 1 aliphatic heterocycles. The van der Waals surface area contributed by atoms with Crippen molar-refractivity contribution in [2.24, 2.45) is 5.92 Å². The predicted molar refractivity (Wildman–Crippen MR) is 93.5 cm³/mol. The highest BCUT2D eigenvalue weighted by Crippen LogP contribution is 2.23. The number of hydrogen-bond donors (Lipinski definition) is 0. The Bertz CT molecular complexity index is 836. The number of hydrogen-bond acceptors (Lipinski definition) is 4. The lowest BCUT2D eigenvalue weighted by atomic mass is 9.98. The largest absolute Gasteiger partial charge is 0.341 e. The lowest BCUT2D eigenvalue weighted by Crippen LogP contribution is -2.42. The van der Waals surface area contributed by atoms with Crippen molar-refractivity contribution in [2.45, 2.75) is 25.8 Å². The molecule has 0 N–H and O–H groups in total. The van der Waals surface area contributed by atoms with Crippen LogP contribution in [0.2, 0.25) is 0 Å². The number of benzene rings is 1. The monoisotopic (exact) mass is 349 g/mol. The lowest BCUT2D eigenvalue weighted by Gasteiger charge is -2.33. The minimum Gasteiger partial charge on any atom is -0.341 e. The van der Waals surface area contributed by atoms with E-state index >= 15 is 0 Å². The second kappa shape index (κ2) is 6.55. The van der Waals surface area contributed by atoms with Gasteiger partial charge in [0.05, 0.1) is 23.1 Å². The Morgan fingerprint density at radius 2 is 1.96 bits per heavy atom. The van der Waals surface area contributed by atoms with Gasteiger partial charge < -0.3 is 9.47 Å². The van der Waals surface area contributed by atoms with Gasteiger partial charge in [-0.3, -0.25) is 4.79 Å². The molecule has 6 nitrogen and oxygen atoms in total. The Morgan fingerprint density at radius 3 is 2.62 bits per heavy atom. The van der Waals surface area contributed by atoms with Crippen LogP contribution in [0.1, 0.15) is 25.8 Å². The molecule has 2 heterocycles. The summed E-state index contributed by atoms with van der Waals surface area (Å²) in [7, 11) is -2.95. The van der Waals surface area contributed by atoms with Gasteiger partial charge in [0.25, 0.3) is 0 Å². The fraction of sp³-hybridized carbons (Fsp3) is 0.529. The first-order chi connectivity index (χ1) is 11.3. The molecule has 1 aromatic heterocycles. The maximum Gasteiger partial charge on any atom is 0.245 e. The van der Waals surface area contributed by atoms with Crippen molar-refractivity contribution in [1.29, 1.82) is 0 Å². The number of piperidine rings is 1. The number of rotatable bonds is 4. The molecule has 130 valence electrons. The summed E-state index contributed by atoms with van der Waals surface area (Å²) < 4.78 is 24.7. The van der Waals surface area contributed by atoms with Crippen molar-refractivity contribution >= 4 is 26.8 Å². The number of imidazole rings is 1. The molecule has 0 radical (unpaired) electrons. The van der Waals surface area contributed by atoms with Crippen LogP contribution in [-0.2, 0) is 14.6 Å². The molecule has 0 bridgehead atoms. The molecule has 0 aliphatic carbocycles. The zero-order chi connectivity index (χ0) is 17.3. The minimum atomic E-state index is -2.95. The number of aromatic nitrogens is 2. The van der Waals surface area contributed by atoms with Crippen LogP contribution in [0.5, 0.6) is 0 Å². The van der Waals surface area contributed by atoms with E-state index in [-0.39, 0.29) is 23.6 Å². The number of para-hydroxylation sites is 2. The van der Waals surface area contributed by atoms with E-state index < -0.39 is 9.84 Å². The zero-order valence-electron chi connectivity index (χ0n) is 14.1. The summed E-state index contributed by atoms with van der Waals surface area (Å²) in [5, 5.41) is 0. The van der Waals surface area contributed by atoms with Crippen LogP contribution in [0.15, 0.2) is 30.6 Å². The molecule has 3 rings (SSSR count). The van der Waals surface area contributed by atoms with E-state index in [0.717, 1.165) is 23.9 Å². The molecular formula is C17H23N3O3S. The normalized spacial score (nSPS) is 18.0. The molecule has 1 amide bonds. The van der Waals surface area contributed by atoms with E-state index in [0.29, 0.717) is 13.1 Å². The molecule has 1 aliphatic rings. The van der Waals surface area contributed by atoms with E-state index in [1.807, 2.05) is 40.7 Å². The molecule has 1 atom stereocenters. The first kappa shape index (κ1) is 17.0. The Hall–Kier alpha value is -1.89. The van der Waals surface area contributed by atoms with E-state index in [2.05, 4.69) is 4.98 Å². The van der Waals surface area contributed by atoms with Crippen LogP contribution in [0.25, 0.3) is 11.0 Å². The predicted octanol–water partition coefficient (Wildman–Crippen LogP) is 1.88. The van der Waals surface area contributed by atoms with Crippen LogP contribution in [0.3, 0.4) is 0 Å². The highest BCUT2D eigenvalue weighted by molar-refractivity contribution is 7.90. The molecule has 7 heteroatoms. The summed E-state index contributed by atoms with van der Waals surface area (Å²) in [6.45, 7) is 3.13. The number of carbonyl (C=O) groups is 1. The maximum absolute atomic E-state index is 12.8. The van der Waals surface area contributed by atoms with Crippen LogP contribution >= 0.6 is 0 Å². The average Bonchev–Trinajstić information content (AvgIpc) is 2.97. The smallest absolute Gasteiger partial charge is 0.245 e. The number of sulfone groups is 1. The number of nitrogens with zero attached hydrogens (tertiary/aromatic N) is 3. The Labute approximate surface area is 142 Å². The van der Waals surface area contributed by atoms with Crippen LogP contribution < -0.4 is 0 Å². The topological polar surface area (TPSA) is 72.3 Å². The van der Waals surface area contributed by atoms with Gasteiger partial charge in [-0.05, 0) is 37.8 Å². The van der Waals surface area contributed by atoms with Crippen molar-refractivity contribution in [3.63, 3.8) is 0 Å². The van der Waals surface area contributed by atoms with Crippen LogP contribution in [0.4, 0.5) is 0 Å². The number of amides is 1. The first-order valence-corrected chi connectivity index (χ1v) is 10.3. The van der Waals surface area contributed by atoms with Crippen LogP contribution in [0, 0.1) is 5.92 Å². The van der Waals surface area contributed by atoms with Gasteiger partial charge in [0, 0.05) is 19.3 Å². The van der Waals surface area contributed by atoms with Crippen molar-refractivity contribution in [2.75, 3.05) is 25.1 Å². The molecule has 1 unspecified atom stereocenters. The zero-order valence-corrected chi connectivity index (χ0v) is 14.9. The van der Waals surface area contributed by atoms with Gasteiger partial charge in [0.1, 0.15) is 15.9 Å². The Kier molecular flexibility index (Phi) is 4.62. The summed E-state index contributed by atoms with van der Waals surface area (Å²) in [4.78, 5) is 19.0. The van der Waals surface area contributed by atoms with Crippen molar-refractivity contribution in [3.8, 4) is 0 Å². The summed E-state index contributed by atoms with van der Waals surface area (Å²) in [6, 6.07) is 7.45. The van der Waals surface area contributed by atoms with Gasteiger partial charge in [0.15, 0.2) is 0 Å². The highest BCUT2D eigenvalue weighted by Gasteiger charge is 2.28. The third-order valence-electron chi connectivity index (χ3n) is 4.72. The summed E-state index contributed by atoms with van der Waals surface area (Å²) in [5.74, 6) is 0.445. The van der Waals surface area contributed by atoms with E-state index in [4.69, 9.17) is 0 Å². The summed E-state index contributed by atoms with van der Waals surface area (Å²) in [6.07, 6.45) is 4.48. The molecule has 1 fully saturated rings. The molecule has 2 aromatic rings. The maximum atomic E-state index is 12.8. The van der Waals surface area contributed by atoms with E-state index in [1.54, 1.807) is 6.33 Å². The molecule has 1 aromatic carbocycles. The second-order valence-electron chi connectivity index (χ2n) is 6.68. The van der Waals surface area contributed by atoms with Gasteiger partial charge in [-0.15, -0.1) is 0 Å². The quantitative estimate of drug-likeness (QED) is 0.845. The van der Waals surface area contributed by atoms with E-state index in [9.17, 15) is 13.2 Å². The fourth-order valence-corrected chi connectivity index (χ4v) is 4.61. The van der Waals surface area contributed by atoms with Gasteiger partial charge >= 0.3 is 0 Å². The third-order valence-corrected chi connectivity index (χ3v) is 5.80. The molecular weight excluding hydrogens is 326 g/mol. The first-order valence-electron chi connectivity index (χ1n) is 8.23. The van der Waals surface area contributed by atoms with Gasteiger partial charge in [-0.2, -0.15) is 0 Å². The van der Waals surface area contributed by atoms with Gasteiger partial charge in [-0.25, -0.2) is 13.4 Å². The van der Waals surface area contributed by atoms with Crippen molar-refractivity contribution in [3.05, 3.63) is 30.6 Å². The lowest BCUT2D eigenvalue weighted by molar-refractivity contribution is -0.135.